The maximum atomic E-state index is 13.9. The van der Waals surface area contributed by atoms with Gasteiger partial charge in [-0.1, -0.05) is 34.8 Å². The van der Waals surface area contributed by atoms with Gasteiger partial charge in [0, 0.05) is 21.7 Å². The summed E-state index contributed by atoms with van der Waals surface area (Å²) in [7, 11) is 0. The summed E-state index contributed by atoms with van der Waals surface area (Å²) in [6, 6.07) is 7.33. The lowest BCUT2D eigenvalue weighted by molar-refractivity contribution is 0.340. The molecule has 0 amide bonds. The molecule has 6 heteroatoms. The summed E-state index contributed by atoms with van der Waals surface area (Å²) < 4.78 is 19.2. The third-order valence-electron chi connectivity index (χ3n) is 2.86. The summed E-state index contributed by atoms with van der Waals surface area (Å²) in [5.74, 6) is 0.00354. The molecule has 1 unspecified atom stereocenters. The molecule has 1 atom stereocenters. The predicted molar refractivity (Wildman–Crippen MR) is 86.7 cm³/mol. The molecule has 0 N–H and O–H groups in total. The first-order valence-corrected chi connectivity index (χ1v) is 7.71. The number of ether oxygens (including phenoxy) is 1. The van der Waals surface area contributed by atoms with E-state index in [-0.39, 0.29) is 5.56 Å². The summed E-state index contributed by atoms with van der Waals surface area (Å²) in [6.07, 6.45) is 0. The Morgan fingerprint density at radius 2 is 1.76 bits per heavy atom. The number of alkyl halides is 1. The van der Waals surface area contributed by atoms with Crippen LogP contribution in [0.15, 0.2) is 30.3 Å². The normalized spacial score (nSPS) is 12.3. The Labute approximate surface area is 142 Å². The molecule has 21 heavy (non-hydrogen) atoms. The molecule has 2 aromatic carbocycles. The second kappa shape index (κ2) is 7.06. The molecule has 0 saturated carbocycles. The molecule has 1 nitrogen and oxygen atoms in total. The van der Waals surface area contributed by atoms with Crippen LogP contribution in [0, 0.1) is 5.82 Å². The van der Waals surface area contributed by atoms with Crippen molar-refractivity contribution in [1.29, 1.82) is 0 Å². The van der Waals surface area contributed by atoms with E-state index < -0.39 is 11.2 Å². The minimum absolute atomic E-state index is 0.242. The molecule has 2 rings (SSSR count). The average molecular weight is 368 g/mol. The summed E-state index contributed by atoms with van der Waals surface area (Å²) >= 11 is 24.5. The van der Waals surface area contributed by atoms with Gasteiger partial charge >= 0.3 is 0 Å². The topological polar surface area (TPSA) is 9.23 Å². The summed E-state index contributed by atoms with van der Waals surface area (Å²) in [5, 5.41) is 0.307. The molecule has 0 heterocycles. The zero-order chi connectivity index (χ0) is 15.6. The van der Waals surface area contributed by atoms with Crippen molar-refractivity contribution in [3.05, 3.63) is 62.3 Å². The van der Waals surface area contributed by atoms with Crippen LogP contribution < -0.4 is 4.74 Å². The Balaban J connectivity index is 2.46. The first-order chi connectivity index (χ1) is 9.93. The van der Waals surface area contributed by atoms with Crippen molar-refractivity contribution in [3.63, 3.8) is 0 Å². The molecular weight excluding hydrogens is 357 g/mol. The van der Waals surface area contributed by atoms with Gasteiger partial charge in [-0.05, 0) is 36.8 Å². The van der Waals surface area contributed by atoms with E-state index in [2.05, 4.69) is 0 Å². The second-order valence-corrected chi connectivity index (χ2v) is 5.95. The number of hydrogen-bond acceptors (Lipinski definition) is 1. The van der Waals surface area contributed by atoms with Crippen LogP contribution in [-0.4, -0.2) is 6.61 Å². The molecule has 0 fully saturated rings. The third-order valence-corrected chi connectivity index (χ3v) is 4.18. The van der Waals surface area contributed by atoms with Gasteiger partial charge in [-0.3, -0.25) is 0 Å². The molecule has 0 saturated heterocycles. The van der Waals surface area contributed by atoms with E-state index in [1.54, 1.807) is 12.1 Å². The van der Waals surface area contributed by atoms with Crippen LogP contribution in [0.1, 0.15) is 23.4 Å². The van der Waals surface area contributed by atoms with E-state index >= 15 is 0 Å². The number of rotatable bonds is 4. The SMILES string of the molecule is CCOc1cc(Cl)c(C(Cl)c2cc(Cl)ccc2F)cc1Cl. The molecule has 0 aliphatic carbocycles. The molecule has 0 bridgehead atoms. The first kappa shape index (κ1) is 16.7. The van der Waals surface area contributed by atoms with Crippen LogP contribution in [0.5, 0.6) is 5.75 Å². The highest BCUT2D eigenvalue weighted by molar-refractivity contribution is 6.36. The van der Waals surface area contributed by atoms with E-state index in [1.807, 2.05) is 6.92 Å². The number of benzene rings is 2. The van der Waals surface area contributed by atoms with Crippen molar-refractivity contribution in [2.24, 2.45) is 0 Å². The maximum absolute atomic E-state index is 13.9. The van der Waals surface area contributed by atoms with Gasteiger partial charge in [0.25, 0.3) is 0 Å². The zero-order valence-corrected chi connectivity index (χ0v) is 14.0. The Bertz CT molecular complexity index is 660. The lowest BCUT2D eigenvalue weighted by Crippen LogP contribution is -2.00. The average Bonchev–Trinajstić information content (AvgIpc) is 2.44. The third kappa shape index (κ3) is 3.75. The van der Waals surface area contributed by atoms with E-state index in [0.29, 0.717) is 33.0 Å². The van der Waals surface area contributed by atoms with Crippen molar-refractivity contribution in [2.75, 3.05) is 6.61 Å². The quantitative estimate of drug-likeness (QED) is 0.559. The highest BCUT2D eigenvalue weighted by atomic mass is 35.5. The number of halogens is 5. The van der Waals surface area contributed by atoms with Crippen molar-refractivity contribution in [1.82, 2.24) is 0 Å². The molecule has 0 spiro atoms. The fourth-order valence-corrected chi connectivity index (χ4v) is 2.95. The Kier molecular flexibility index (Phi) is 5.61. The van der Waals surface area contributed by atoms with Gasteiger partial charge in [0.05, 0.1) is 17.0 Å². The van der Waals surface area contributed by atoms with Gasteiger partial charge < -0.3 is 4.74 Å². The fraction of sp³-hybridized carbons (Fsp3) is 0.200. The lowest BCUT2D eigenvalue weighted by atomic mass is 10.0. The monoisotopic (exact) mass is 366 g/mol. The van der Waals surface area contributed by atoms with Gasteiger partial charge in [0.2, 0.25) is 0 Å². The predicted octanol–water partition coefficient (Wildman–Crippen LogP) is 6.51. The lowest BCUT2D eigenvalue weighted by Gasteiger charge is -2.15. The van der Waals surface area contributed by atoms with Crippen LogP contribution in [-0.2, 0) is 0 Å². The molecule has 0 aliphatic heterocycles. The molecule has 112 valence electrons. The molecule has 2 aromatic rings. The highest BCUT2D eigenvalue weighted by Gasteiger charge is 2.20. The summed E-state index contributed by atoms with van der Waals surface area (Å²) in [5.41, 5.74) is 0.735. The van der Waals surface area contributed by atoms with Crippen molar-refractivity contribution in [2.45, 2.75) is 12.3 Å². The van der Waals surface area contributed by atoms with Crippen LogP contribution in [0.2, 0.25) is 15.1 Å². The van der Waals surface area contributed by atoms with Gasteiger partial charge in [0.1, 0.15) is 11.6 Å². The number of hydrogen-bond donors (Lipinski definition) is 0. The smallest absolute Gasteiger partial charge is 0.139 e. The molecule has 0 aromatic heterocycles. The van der Waals surface area contributed by atoms with Crippen LogP contribution in [0.3, 0.4) is 0 Å². The van der Waals surface area contributed by atoms with Gasteiger partial charge in [0.15, 0.2) is 0 Å². The van der Waals surface area contributed by atoms with Gasteiger partial charge in [-0.15, -0.1) is 11.6 Å². The van der Waals surface area contributed by atoms with E-state index in [1.165, 1.54) is 18.2 Å². The van der Waals surface area contributed by atoms with Crippen LogP contribution >= 0.6 is 46.4 Å². The van der Waals surface area contributed by atoms with Crippen LogP contribution in [0.4, 0.5) is 4.39 Å². The van der Waals surface area contributed by atoms with Crippen molar-refractivity contribution < 1.29 is 9.13 Å². The molecular formula is C15H11Cl4FO. The minimum Gasteiger partial charge on any atom is -0.492 e. The fourth-order valence-electron chi connectivity index (χ4n) is 1.88. The minimum atomic E-state index is -0.802. The molecule has 0 radical (unpaired) electrons. The summed E-state index contributed by atoms with van der Waals surface area (Å²) in [6.45, 7) is 2.30. The first-order valence-electron chi connectivity index (χ1n) is 6.14. The van der Waals surface area contributed by atoms with Gasteiger partial charge in [-0.25, -0.2) is 4.39 Å². The highest BCUT2D eigenvalue weighted by Crippen LogP contribution is 2.40. The van der Waals surface area contributed by atoms with Crippen LogP contribution in [0.25, 0.3) is 0 Å². The molecule has 0 aliphatic rings. The van der Waals surface area contributed by atoms with Crippen molar-refractivity contribution in [3.8, 4) is 5.75 Å². The van der Waals surface area contributed by atoms with Gasteiger partial charge in [-0.2, -0.15) is 0 Å². The largest absolute Gasteiger partial charge is 0.492 e. The zero-order valence-electron chi connectivity index (χ0n) is 11.0. The van der Waals surface area contributed by atoms with E-state index in [0.717, 1.165) is 0 Å². The van der Waals surface area contributed by atoms with Crippen molar-refractivity contribution >= 4 is 46.4 Å². The van der Waals surface area contributed by atoms with E-state index in [9.17, 15) is 4.39 Å². The Hall–Kier alpha value is -0.670. The second-order valence-electron chi connectivity index (χ2n) is 4.27. The maximum Gasteiger partial charge on any atom is 0.139 e. The Morgan fingerprint density at radius 3 is 2.43 bits per heavy atom. The summed E-state index contributed by atoms with van der Waals surface area (Å²) in [4.78, 5) is 0. The standard InChI is InChI=1S/C15H11Cl4FO/c1-2-21-14-7-11(17)9(6-12(14)18)15(19)10-5-8(16)3-4-13(10)20/h3-7,15H,2H2,1H3. The Morgan fingerprint density at radius 1 is 1.05 bits per heavy atom. The van der Waals surface area contributed by atoms with E-state index in [4.69, 9.17) is 51.1 Å².